The van der Waals surface area contributed by atoms with Crippen LogP contribution in [0.15, 0.2) is 24.3 Å². The first-order valence-electron chi connectivity index (χ1n) is 5.90. The Balaban J connectivity index is 2.49. The lowest BCUT2D eigenvalue weighted by molar-refractivity contribution is 0.0158. The van der Waals surface area contributed by atoms with Crippen LogP contribution >= 0.6 is 0 Å². The van der Waals surface area contributed by atoms with E-state index >= 15 is 0 Å². The van der Waals surface area contributed by atoms with Crippen LogP contribution < -0.4 is 5.73 Å². The molecule has 0 saturated carbocycles. The SMILES string of the molecule is COC(C)(C)CCc1ccc(CCN)cc1. The highest BCUT2D eigenvalue weighted by atomic mass is 16.5. The van der Waals surface area contributed by atoms with Gasteiger partial charge in [-0.05, 0) is 50.8 Å². The lowest BCUT2D eigenvalue weighted by Crippen LogP contribution is -2.22. The highest BCUT2D eigenvalue weighted by Gasteiger charge is 2.15. The molecule has 1 aromatic rings. The molecule has 0 fully saturated rings. The van der Waals surface area contributed by atoms with Crippen LogP contribution in [0.25, 0.3) is 0 Å². The van der Waals surface area contributed by atoms with Crippen molar-refractivity contribution in [2.75, 3.05) is 13.7 Å². The molecular weight excluding hydrogens is 198 g/mol. The van der Waals surface area contributed by atoms with Gasteiger partial charge in [0.2, 0.25) is 0 Å². The molecule has 0 saturated heterocycles. The quantitative estimate of drug-likeness (QED) is 0.801. The van der Waals surface area contributed by atoms with E-state index < -0.39 is 0 Å². The first-order chi connectivity index (χ1) is 7.57. The van der Waals surface area contributed by atoms with Crippen molar-refractivity contribution >= 4 is 0 Å². The van der Waals surface area contributed by atoms with Crippen molar-refractivity contribution in [1.82, 2.24) is 0 Å². The highest BCUT2D eigenvalue weighted by Crippen LogP contribution is 2.17. The molecule has 0 heterocycles. The van der Waals surface area contributed by atoms with Gasteiger partial charge >= 0.3 is 0 Å². The first kappa shape index (κ1) is 13.2. The van der Waals surface area contributed by atoms with Crippen LogP contribution in [-0.2, 0) is 17.6 Å². The second-order valence-electron chi connectivity index (χ2n) is 4.82. The third-order valence-corrected chi connectivity index (χ3v) is 3.02. The molecule has 90 valence electrons. The summed E-state index contributed by atoms with van der Waals surface area (Å²) in [5, 5.41) is 0. The standard InChI is InChI=1S/C14H23NO/c1-14(2,16-3)10-8-12-4-6-13(7-5-12)9-11-15/h4-7H,8-11,15H2,1-3H3. The Morgan fingerprint density at radius 3 is 2.00 bits per heavy atom. The molecular formula is C14H23NO. The molecule has 16 heavy (non-hydrogen) atoms. The summed E-state index contributed by atoms with van der Waals surface area (Å²) in [4.78, 5) is 0. The zero-order valence-corrected chi connectivity index (χ0v) is 10.6. The Hall–Kier alpha value is -0.860. The van der Waals surface area contributed by atoms with Gasteiger partial charge in [-0.1, -0.05) is 24.3 Å². The molecule has 2 nitrogen and oxygen atoms in total. The Morgan fingerprint density at radius 2 is 1.56 bits per heavy atom. The second-order valence-corrected chi connectivity index (χ2v) is 4.82. The zero-order valence-electron chi connectivity index (χ0n) is 10.6. The molecule has 2 heteroatoms. The van der Waals surface area contributed by atoms with E-state index in [-0.39, 0.29) is 5.60 Å². The third kappa shape index (κ3) is 4.33. The van der Waals surface area contributed by atoms with E-state index in [0.29, 0.717) is 0 Å². The van der Waals surface area contributed by atoms with Gasteiger partial charge < -0.3 is 10.5 Å². The van der Waals surface area contributed by atoms with Gasteiger partial charge in [-0.3, -0.25) is 0 Å². The van der Waals surface area contributed by atoms with Crippen LogP contribution in [-0.4, -0.2) is 19.3 Å². The number of rotatable bonds is 6. The fourth-order valence-corrected chi connectivity index (χ4v) is 1.59. The predicted octanol–water partition coefficient (Wildman–Crippen LogP) is 2.55. The van der Waals surface area contributed by atoms with Crippen LogP contribution in [0.4, 0.5) is 0 Å². The first-order valence-corrected chi connectivity index (χ1v) is 5.90. The van der Waals surface area contributed by atoms with Crippen molar-refractivity contribution in [3.05, 3.63) is 35.4 Å². The summed E-state index contributed by atoms with van der Waals surface area (Å²) in [6, 6.07) is 8.72. The summed E-state index contributed by atoms with van der Waals surface area (Å²) in [6.07, 6.45) is 3.06. The minimum absolute atomic E-state index is 0.0318. The average molecular weight is 221 g/mol. The van der Waals surface area contributed by atoms with E-state index in [4.69, 9.17) is 10.5 Å². The fraction of sp³-hybridized carbons (Fsp3) is 0.571. The van der Waals surface area contributed by atoms with Crippen LogP contribution in [0.1, 0.15) is 31.4 Å². The van der Waals surface area contributed by atoms with E-state index in [9.17, 15) is 0 Å². The summed E-state index contributed by atoms with van der Waals surface area (Å²) in [6.45, 7) is 4.96. The molecule has 0 aliphatic carbocycles. The minimum Gasteiger partial charge on any atom is -0.379 e. The summed E-state index contributed by atoms with van der Waals surface area (Å²) in [5.41, 5.74) is 8.17. The fourth-order valence-electron chi connectivity index (χ4n) is 1.59. The normalized spacial score (nSPS) is 11.8. The van der Waals surface area contributed by atoms with Crippen molar-refractivity contribution in [3.63, 3.8) is 0 Å². The molecule has 0 aromatic heterocycles. The number of ether oxygens (including phenoxy) is 1. The molecule has 0 aliphatic heterocycles. The van der Waals surface area contributed by atoms with E-state index in [2.05, 4.69) is 38.1 Å². The Morgan fingerprint density at radius 1 is 1.06 bits per heavy atom. The smallest absolute Gasteiger partial charge is 0.0625 e. The second kappa shape index (κ2) is 6.02. The van der Waals surface area contributed by atoms with E-state index in [1.54, 1.807) is 7.11 Å². The van der Waals surface area contributed by atoms with Gasteiger partial charge in [-0.2, -0.15) is 0 Å². The Bertz CT molecular complexity index is 303. The van der Waals surface area contributed by atoms with Gasteiger partial charge in [-0.15, -0.1) is 0 Å². The average Bonchev–Trinajstić information content (AvgIpc) is 2.29. The number of hydrogen-bond acceptors (Lipinski definition) is 2. The number of benzene rings is 1. The van der Waals surface area contributed by atoms with E-state index in [1.165, 1.54) is 11.1 Å². The Kier molecular flexibility index (Phi) is 4.97. The van der Waals surface area contributed by atoms with Crippen molar-refractivity contribution in [2.24, 2.45) is 5.73 Å². The molecule has 0 bridgehead atoms. The lowest BCUT2D eigenvalue weighted by atomic mass is 9.98. The maximum absolute atomic E-state index is 5.52. The van der Waals surface area contributed by atoms with Crippen molar-refractivity contribution in [2.45, 2.75) is 38.7 Å². The lowest BCUT2D eigenvalue weighted by Gasteiger charge is -2.22. The van der Waals surface area contributed by atoms with Crippen LogP contribution in [0, 0.1) is 0 Å². The topological polar surface area (TPSA) is 35.2 Å². The molecule has 0 atom stereocenters. The molecule has 2 N–H and O–H groups in total. The molecule has 1 aromatic carbocycles. The van der Waals surface area contributed by atoms with Gasteiger partial charge in [0.15, 0.2) is 0 Å². The third-order valence-electron chi connectivity index (χ3n) is 3.02. The molecule has 0 aliphatic rings. The number of methoxy groups -OCH3 is 1. The molecule has 0 amide bonds. The van der Waals surface area contributed by atoms with Crippen molar-refractivity contribution in [3.8, 4) is 0 Å². The number of aryl methyl sites for hydroxylation is 1. The number of hydrogen-bond donors (Lipinski definition) is 1. The number of nitrogens with two attached hydrogens (primary N) is 1. The monoisotopic (exact) mass is 221 g/mol. The van der Waals surface area contributed by atoms with E-state index in [0.717, 1.165) is 25.8 Å². The summed E-state index contributed by atoms with van der Waals surface area (Å²) < 4.78 is 5.41. The van der Waals surface area contributed by atoms with Gasteiger partial charge in [-0.25, -0.2) is 0 Å². The van der Waals surface area contributed by atoms with Gasteiger partial charge in [0.25, 0.3) is 0 Å². The maximum Gasteiger partial charge on any atom is 0.0625 e. The highest BCUT2D eigenvalue weighted by molar-refractivity contribution is 5.23. The van der Waals surface area contributed by atoms with Crippen LogP contribution in [0.5, 0.6) is 0 Å². The molecule has 0 spiro atoms. The minimum atomic E-state index is -0.0318. The largest absolute Gasteiger partial charge is 0.379 e. The van der Waals surface area contributed by atoms with Gasteiger partial charge in [0.1, 0.15) is 0 Å². The summed E-state index contributed by atoms with van der Waals surface area (Å²) >= 11 is 0. The molecule has 0 radical (unpaired) electrons. The van der Waals surface area contributed by atoms with Crippen molar-refractivity contribution < 1.29 is 4.74 Å². The van der Waals surface area contributed by atoms with Gasteiger partial charge in [0, 0.05) is 7.11 Å². The van der Waals surface area contributed by atoms with Crippen LogP contribution in [0.3, 0.4) is 0 Å². The molecule has 1 rings (SSSR count). The Labute approximate surface area is 98.8 Å². The molecule has 0 unspecified atom stereocenters. The van der Waals surface area contributed by atoms with Gasteiger partial charge in [0.05, 0.1) is 5.60 Å². The zero-order chi connectivity index (χ0) is 12.0. The van der Waals surface area contributed by atoms with Crippen molar-refractivity contribution in [1.29, 1.82) is 0 Å². The summed E-state index contributed by atoms with van der Waals surface area (Å²) in [7, 11) is 1.77. The van der Waals surface area contributed by atoms with E-state index in [1.807, 2.05) is 0 Å². The summed E-state index contributed by atoms with van der Waals surface area (Å²) in [5.74, 6) is 0. The predicted molar refractivity (Wildman–Crippen MR) is 68.6 cm³/mol. The van der Waals surface area contributed by atoms with Crippen LogP contribution in [0.2, 0.25) is 0 Å². The maximum atomic E-state index is 5.52.